The molecular weight excluding hydrogens is 449 g/mol. The molecule has 2 aromatic heterocycles. The summed E-state index contributed by atoms with van der Waals surface area (Å²) in [4.78, 5) is 38.6. The van der Waals surface area contributed by atoms with Gasteiger partial charge in [0.1, 0.15) is 5.82 Å². The molecule has 2 amide bonds. The van der Waals surface area contributed by atoms with E-state index >= 15 is 0 Å². The Morgan fingerprint density at radius 1 is 1.11 bits per heavy atom. The van der Waals surface area contributed by atoms with Crippen LogP contribution in [0.1, 0.15) is 24.9 Å². The van der Waals surface area contributed by atoms with Gasteiger partial charge in [0.25, 0.3) is 0 Å². The number of amides is 2. The molecule has 9 heteroatoms. The number of pyridine rings is 1. The van der Waals surface area contributed by atoms with Gasteiger partial charge in [-0.3, -0.25) is 14.4 Å². The molecule has 1 unspecified atom stereocenters. The van der Waals surface area contributed by atoms with E-state index in [1.54, 1.807) is 54.1 Å². The van der Waals surface area contributed by atoms with E-state index in [4.69, 9.17) is 5.73 Å². The van der Waals surface area contributed by atoms with Crippen LogP contribution in [0.4, 0.5) is 10.1 Å². The van der Waals surface area contributed by atoms with E-state index in [0.29, 0.717) is 11.3 Å². The Kier molecular flexibility index (Phi) is 5.47. The first-order valence-corrected chi connectivity index (χ1v) is 11.3. The molecule has 8 nitrogen and oxygen atoms in total. The summed E-state index contributed by atoms with van der Waals surface area (Å²) in [6, 6.07) is 14.2. The molecule has 0 radical (unpaired) electrons. The van der Waals surface area contributed by atoms with Crippen LogP contribution in [0.3, 0.4) is 0 Å². The van der Waals surface area contributed by atoms with Crippen LogP contribution in [-0.2, 0) is 16.6 Å². The van der Waals surface area contributed by atoms with Gasteiger partial charge in [-0.25, -0.2) is 9.07 Å². The molecule has 2 N–H and O–H groups in total. The molecule has 2 aromatic carbocycles. The molecule has 35 heavy (non-hydrogen) atoms. The SMILES string of the molecule is CC(C(N)=O)[C@@H]1CC(=O)N(c2ccc3c(cnn3-c3ccc(=O)n(C)c3)c2)[C@H]1c1cccc(F)c1. The van der Waals surface area contributed by atoms with Crippen molar-refractivity contribution in [1.29, 1.82) is 0 Å². The Bertz CT molecular complexity index is 1520. The second-order valence-electron chi connectivity index (χ2n) is 8.96. The maximum Gasteiger partial charge on any atom is 0.250 e. The summed E-state index contributed by atoms with van der Waals surface area (Å²) >= 11 is 0. The van der Waals surface area contributed by atoms with E-state index in [-0.39, 0.29) is 17.9 Å². The van der Waals surface area contributed by atoms with Crippen molar-refractivity contribution in [2.24, 2.45) is 24.6 Å². The van der Waals surface area contributed by atoms with Gasteiger partial charge in [0, 0.05) is 48.6 Å². The molecule has 4 aromatic rings. The van der Waals surface area contributed by atoms with Crippen molar-refractivity contribution >= 4 is 28.4 Å². The molecule has 1 fully saturated rings. The molecule has 178 valence electrons. The van der Waals surface area contributed by atoms with Crippen molar-refractivity contribution in [3.8, 4) is 5.69 Å². The highest BCUT2D eigenvalue weighted by Crippen LogP contribution is 2.45. The number of carbonyl (C=O) groups is 2. The largest absolute Gasteiger partial charge is 0.369 e. The van der Waals surface area contributed by atoms with Crippen molar-refractivity contribution in [3.05, 3.63) is 88.7 Å². The third kappa shape index (κ3) is 3.88. The number of aromatic nitrogens is 3. The Balaban J connectivity index is 1.59. The normalized spacial score (nSPS) is 18.8. The van der Waals surface area contributed by atoms with Gasteiger partial charge in [0.05, 0.1) is 23.4 Å². The van der Waals surface area contributed by atoms with E-state index in [9.17, 15) is 18.8 Å². The molecule has 0 aliphatic carbocycles. The third-order valence-corrected chi connectivity index (χ3v) is 6.79. The van der Waals surface area contributed by atoms with Gasteiger partial charge >= 0.3 is 0 Å². The quantitative estimate of drug-likeness (QED) is 0.481. The zero-order chi connectivity index (χ0) is 24.9. The summed E-state index contributed by atoms with van der Waals surface area (Å²) in [6.45, 7) is 1.70. The molecule has 0 saturated carbocycles. The lowest BCUT2D eigenvalue weighted by molar-refractivity contribution is -0.123. The molecule has 0 bridgehead atoms. The van der Waals surface area contributed by atoms with Crippen LogP contribution < -0.4 is 16.2 Å². The van der Waals surface area contributed by atoms with Gasteiger partial charge in [0.15, 0.2) is 0 Å². The second-order valence-corrected chi connectivity index (χ2v) is 8.96. The van der Waals surface area contributed by atoms with Crippen LogP contribution >= 0.6 is 0 Å². The predicted molar refractivity (Wildman–Crippen MR) is 129 cm³/mol. The fourth-order valence-corrected chi connectivity index (χ4v) is 4.89. The number of carbonyl (C=O) groups excluding carboxylic acids is 2. The summed E-state index contributed by atoms with van der Waals surface area (Å²) in [5.74, 6) is -2.05. The topological polar surface area (TPSA) is 103 Å². The Hall–Kier alpha value is -4.27. The number of nitrogens with two attached hydrogens (primary N) is 1. The van der Waals surface area contributed by atoms with E-state index in [2.05, 4.69) is 5.10 Å². The van der Waals surface area contributed by atoms with Gasteiger partial charge in [-0.2, -0.15) is 5.10 Å². The molecular formula is C26H24FN5O3. The highest BCUT2D eigenvalue weighted by atomic mass is 19.1. The predicted octanol–water partition coefficient (Wildman–Crippen LogP) is 3.08. The summed E-state index contributed by atoms with van der Waals surface area (Å²) in [5, 5.41) is 5.25. The van der Waals surface area contributed by atoms with E-state index in [1.807, 2.05) is 18.2 Å². The Morgan fingerprint density at radius 2 is 1.89 bits per heavy atom. The molecule has 1 aliphatic rings. The van der Waals surface area contributed by atoms with Gasteiger partial charge in [-0.05, 0) is 42.0 Å². The lowest BCUT2D eigenvalue weighted by Crippen LogP contribution is -2.33. The standard InChI is InChI=1S/C26H24FN5O3/c1-15(26(28)35)21-12-24(34)31(25(21)16-4-3-5-18(27)10-16)19-6-8-22-17(11-19)13-29-32(22)20-7-9-23(33)30(2)14-20/h3-11,13-15,21,25H,12H2,1-2H3,(H2,28,35)/t15?,21-,25-/m0/s1. The first-order valence-electron chi connectivity index (χ1n) is 11.3. The minimum atomic E-state index is -0.576. The summed E-state index contributed by atoms with van der Waals surface area (Å²) in [7, 11) is 1.67. The van der Waals surface area contributed by atoms with Crippen molar-refractivity contribution in [2.75, 3.05) is 4.90 Å². The third-order valence-electron chi connectivity index (χ3n) is 6.79. The average molecular weight is 474 g/mol. The number of nitrogens with zero attached hydrogens (tertiary/aromatic N) is 4. The maximum absolute atomic E-state index is 14.1. The monoisotopic (exact) mass is 473 g/mol. The van der Waals surface area contributed by atoms with Crippen LogP contribution in [-0.4, -0.2) is 26.2 Å². The Morgan fingerprint density at radius 3 is 2.60 bits per heavy atom. The highest BCUT2D eigenvalue weighted by Gasteiger charge is 2.45. The van der Waals surface area contributed by atoms with E-state index < -0.39 is 29.6 Å². The van der Waals surface area contributed by atoms with Crippen molar-refractivity contribution < 1.29 is 14.0 Å². The van der Waals surface area contributed by atoms with Gasteiger partial charge in [-0.15, -0.1) is 0 Å². The molecule has 1 saturated heterocycles. The Labute approximate surface area is 200 Å². The maximum atomic E-state index is 14.1. The number of fused-ring (bicyclic) bond motifs is 1. The second kappa shape index (κ2) is 8.50. The minimum absolute atomic E-state index is 0.122. The number of hydrogen-bond donors (Lipinski definition) is 1. The smallest absolute Gasteiger partial charge is 0.250 e. The lowest BCUT2D eigenvalue weighted by Gasteiger charge is -2.30. The van der Waals surface area contributed by atoms with Crippen molar-refractivity contribution in [2.45, 2.75) is 19.4 Å². The van der Waals surface area contributed by atoms with Gasteiger partial charge in [-0.1, -0.05) is 19.1 Å². The highest BCUT2D eigenvalue weighted by molar-refractivity contribution is 5.99. The van der Waals surface area contributed by atoms with Crippen molar-refractivity contribution in [1.82, 2.24) is 14.3 Å². The molecule has 1 aliphatic heterocycles. The first kappa shape index (κ1) is 22.5. The number of hydrogen-bond acceptors (Lipinski definition) is 4. The minimum Gasteiger partial charge on any atom is -0.369 e. The van der Waals surface area contributed by atoms with Gasteiger partial charge < -0.3 is 15.2 Å². The fourth-order valence-electron chi connectivity index (χ4n) is 4.89. The number of benzene rings is 2. The summed E-state index contributed by atoms with van der Waals surface area (Å²) < 4.78 is 17.3. The number of anilines is 1. The van der Waals surface area contributed by atoms with E-state index in [0.717, 1.165) is 16.6 Å². The summed E-state index contributed by atoms with van der Waals surface area (Å²) in [6.07, 6.45) is 3.51. The zero-order valence-electron chi connectivity index (χ0n) is 19.3. The first-order chi connectivity index (χ1) is 16.7. The van der Waals surface area contributed by atoms with E-state index in [1.165, 1.54) is 22.8 Å². The van der Waals surface area contributed by atoms with Crippen LogP contribution in [0, 0.1) is 17.7 Å². The lowest BCUT2D eigenvalue weighted by atomic mass is 9.83. The van der Waals surface area contributed by atoms with Crippen LogP contribution in [0.2, 0.25) is 0 Å². The van der Waals surface area contributed by atoms with Crippen LogP contribution in [0.5, 0.6) is 0 Å². The van der Waals surface area contributed by atoms with Crippen LogP contribution in [0.15, 0.2) is 71.8 Å². The molecule has 3 atom stereocenters. The number of primary amides is 1. The fraction of sp³-hybridized carbons (Fsp3) is 0.231. The van der Waals surface area contributed by atoms with Gasteiger partial charge in [0.2, 0.25) is 17.4 Å². The molecule has 0 spiro atoms. The molecule has 5 rings (SSSR count). The number of halogens is 1. The zero-order valence-corrected chi connectivity index (χ0v) is 19.3. The number of rotatable bonds is 5. The average Bonchev–Trinajstić information content (AvgIpc) is 3.40. The number of aryl methyl sites for hydroxylation is 1. The van der Waals surface area contributed by atoms with Crippen molar-refractivity contribution in [3.63, 3.8) is 0 Å². The summed E-state index contributed by atoms with van der Waals surface area (Å²) in [5.41, 5.74) is 8.22. The van der Waals surface area contributed by atoms with Crippen LogP contribution in [0.25, 0.3) is 16.6 Å². The molecule has 3 heterocycles.